The normalized spacial score (nSPS) is 19.1. The number of carbonyl (C=O) groups excluding carboxylic acids is 1. The number of carbonyl (C=O) groups is 1. The molecule has 8 heteroatoms. The Morgan fingerprint density at radius 1 is 1.25 bits per heavy atom. The fraction of sp³-hybridized carbons (Fsp3) is 0.625. The van der Waals surface area contributed by atoms with Crippen LogP contribution in [0.25, 0.3) is 11.0 Å². The molecule has 2 aromatic rings. The molecule has 0 spiro atoms. The molecule has 0 unspecified atom stereocenters. The molecule has 0 atom stereocenters. The van der Waals surface area contributed by atoms with Gasteiger partial charge in [-0.2, -0.15) is 5.10 Å². The van der Waals surface area contributed by atoms with E-state index in [9.17, 15) is 4.79 Å². The van der Waals surface area contributed by atoms with E-state index in [1.165, 1.54) is 12.8 Å². The topological polar surface area (TPSA) is 85.2 Å². The smallest absolute Gasteiger partial charge is 0.289 e. The molecule has 8 nitrogen and oxygen atoms in total. The highest BCUT2D eigenvalue weighted by atomic mass is 16.5. The molecular weight excluding hydrogens is 308 g/mol. The summed E-state index contributed by atoms with van der Waals surface area (Å²) >= 11 is 0. The van der Waals surface area contributed by atoms with Crippen LogP contribution in [0.2, 0.25) is 0 Å². The van der Waals surface area contributed by atoms with E-state index < -0.39 is 0 Å². The number of anilines is 1. The summed E-state index contributed by atoms with van der Waals surface area (Å²) in [5, 5.41) is 8.22. The monoisotopic (exact) mass is 330 g/mol. The Morgan fingerprint density at radius 2 is 2.00 bits per heavy atom. The first kappa shape index (κ1) is 15.3. The van der Waals surface area contributed by atoms with Gasteiger partial charge in [0, 0.05) is 26.2 Å². The Kier molecular flexibility index (Phi) is 4.05. The third kappa shape index (κ3) is 2.82. The lowest BCUT2D eigenvalue weighted by Crippen LogP contribution is -2.38. The summed E-state index contributed by atoms with van der Waals surface area (Å²) < 4.78 is 7.11. The number of fused-ring (bicyclic) bond motifs is 1. The minimum Gasteiger partial charge on any atom is -0.378 e. The Morgan fingerprint density at radius 3 is 2.75 bits per heavy atom. The van der Waals surface area contributed by atoms with E-state index in [0.29, 0.717) is 18.9 Å². The molecule has 1 saturated heterocycles. The minimum absolute atomic E-state index is 0.195. The van der Waals surface area contributed by atoms with Gasteiger partial charge in [0.15, 0.2) is 5.65 Å². The van der Waals surface area contributed by atoms with Gasteiger partial charge in [0.2, 0.25) is 5.82 Å². The first-order valence-corrected chi connectivity index (χ1v) is 8.55. The summed E-state index contributed by atoms with van der Waals surface area (Å²) in [4.78, 5) is 23.8. The predicted octanol–water partition coefficient (Wildman–Crippen LogP) is 0.872. The first-order chi connectivity index (χ1) is 11.7. The lowest BCUT2D eigenvalue weighted by Gasteiger charge is -2.28. The van der Waals surface area contributed by atoms with Gasteiger partial charge in [-0.05, 0) is 12.8 Å². The largest absolute Gasteiger partial charge is 0.378 e. The predicted molar refractivity (Wildman–Crippen MR) is 89.1 cm³/mol. The van der Waals surface area contributed by atoms with Gasteiger partial charge in [-0.25, -0.2) is 9.97 Å². The second kappa shape index (κ2) is 6.35. The lowest BCUT2D eigenvalue weighted by molar-refractivity contribution is 0.0927. The summed E-state index contributed by atoms with van der Waals surface area (Å²) in [5.41, 5.74) is 0.683. The zero-order valence-corrected chi connectivity index (χ0v) is 13.9. The highest BCUT2D eigenvalue weighted by Gasteiger charge is 2.24. The molecule has 128 valence electrons. The number of morpholine rings is 1. The highest BCUT2D eigenvalue weighted by Crippen LogP contribution is 2.24. The number of aromatic nitrogens is 4. The third-order valence-corrected chi connectivity index (χ3v) is 4.78. The van der Waals surface area contributed by atoms with E-state index in [2.05, 4.69) is 25.3 Å². The van der Waals surface area contributed by atoms with Crippen LogP contribution in [0, 0.1) is 0 Å². The number of rotatable bonds is 3. The minimum atomic E-state index is -0.195. The summed E-state index contributed by atoms with van der Waals surface area (Å²) in [5.74, 6) is 0.798. The molecule has 1 aliphatic carbocycles. The molecule has 3 heterocycles. The van der Waals surface area contributed by atoms with Crippen molar-refractivity contribution in [3.63, 3.8) is 0 Å². The first-order valence-electron chi connectivity index (χ1n) is 8.55. The van der Waals surface area contributed by atoms with Crippen LogP contribution in [0.15, 0.2) is 6.20 Å². The van der Waals surface area contributed by atoms with Crippen molar-refractivity contribution in [1.29, 1.82) is 0 Å². The van der Waals surface area contributed by atoms with E-state index in [4.69, 9.17) is 4.74 Å². The fourth-order valence-electron chi connectivity index (χ4n) is 3.45. The maximum Gasteiger partial charge on any atom is 0.289 e. The zero-order chi connectivity index (χ0) is 16.5. The van der Waals surface area contributed by atoms with Gasteiger partial charge in [0.25, 0.3) is 5.91 Å². The molecule has 1 saturated carbocycles. The van der Waals surface area contributed by atoms with Crippen LogP contribution in [0.5, 0.6) is 0 Å². The maximum absolute atomic E-state index is 12.6. The van der Waals surface area contributed by atoms with Crippen LogP contribution in [-0.2, 0) is 11.8 Å². The summed E-state index contributed by atoms with van der Waals surface area (Å²) in [6.07, 6.45) is 6.18. The van der Waals surface area contributed by atoms with Gasteiger partial charge in [-0.1, -0.05) is 12.8 Å². The molecule has 2 aliphatic rings. The summed E-state index contributed by atoms with van der Waals surface area (Å²) in [6, 6.07) is 0.246. The molecule has 0 radical (unpaired) electrons. The van der Waals surface area contributed by atoms with Gasteiger partial charge in [0.1, 0.15) is 5.82 Å². The second-order valence-corrected chi connectivity index (χ2v) is 6.43. The van der Waals surface area contributed by atoms with Gasteiger partial charge in [-0.3, -0.25) is 9.48 Å². The van der Waals surface area contributed by atoms with E-state index in [-0.39, 0.29) is 17.8 Å². The number of aryl methyl sites for hydroxylation is 1. The number of amides is 1. The van der Waals surface area contributed by atoms with Gasteiger partial charge in [0.05, 0.1) is 24.8 Å². The third-order valence-electron chi connectivity index (χ3n) is 4.78. The van der Waals surface area contributed by atoms with Gasteiger partial charge in [-0.15, -0.1) is 0 Å². The van der Waals surface area contributed by atoms with Crippen LogP contribution in [0.4, 0.5) is 5.82 Å². The number of hydrogen-bond acceptors (Lipinski definition) is 6. The molecule has 4 rings (SSSR count). The molecule has 1 amide bonds. The lowest BCUT2D eigenvalue weighted by atomic mass is 10.2. The number of hydrogen-bond donors (Lipinski definition) is 1. The van der Waals surface area contributed by atoms with Gasteiger partial charge < -0.3 is 15.0 Å². The number of ether oxygens (including phenoxy) is 1. The molecular formula is C16H22N6O2. The zero-order valence-electron chi connectivity index (χ0n) is 13.9. The summed E-state index contributed by atoms with van der Waals surface area (Å²) in [6.45, 7) is 2.83. The van der Waals surface area contributed by atoms with Crippen LogP contribution >= 0.6 is 0 Å². The van der Waals surface area contributed by atoms with Crippen molar-refractivity contribution < 1.29 is 9.53 Å². The Labute approximate surface area is 140 Å². The van der Waals surface area contributed by atoms with Crippen LogP contribution < -0.4 is 10.2 Å². The van der Waals surface area contributed by atoms with Crippen LogP contribution in [0.3, 0.4) is 0 Å². The molecule has 1 aliphatic heterocycles. The summed E-state index contributed by atoms with van der Waals surface area (Å²) in [7, 11) is 1.83. The van der Waals surface area contributed by atoms with E-state index >= 15 is 0 Å². The van der Waals surface area contributed by atoms with Crippen molar-refractivity contribution in [3.05, 3.63) is 12.0 Å². The number of nitrogens with one attached hydrogen (secondary N) is 1. The Balaban J connectivity index is 1.69. The average Bonchev–Trinajstić information content (AvgIpc) is 3.25. The standard InChI is InChI=1S/C16H22N6O2/c1-21-14-12(10-17-21)15(22-6-8-24-9-7-22)20-13(19-14)16(23)18-11-4-2-3-5-11/h10-11H,2-9H2,1H3,(H,18,23). The van der Waals surface area contributed by atoms with Crippen LogP contribution in [0.1, 0.15) is 36.3 Å². The van der Waals surface area contributed by atoms with Crippen molar-refractivity contribution in [3.8, 4) is 0 Å². The van der Waals surface area contributed by atoms with Crippen LogP contribution in [-0.4, -0.2) is 58.0 Å². The van der Waals surface area contributed by atoms with E-state index in [0.717, 1.165) is 37.1 Å². The van der Waals surface area contributed by atoms with Crippen molar-refractivity contribution in [2.45, 2.75) is 31.7 Å². The quantitative estimate of drug-likeness (QED) is 0.899. The van der Waals surface area contributed by atoms with Crippen molar-refractivity contribution >= 4 is 22.8 Å². The molecule has 2 aromatic heterocycles. The van der Waals surface area contributed by atoms with Crippen molar-refractivity contribution in [2.24, 2.45) is 7.05 Å². The second-order valence-electron chi connectivity index (χ2n) is 6.43. The Bertz CT molecular complexity index is 746. The molecule has 1 N–H and O–H groups in total. The van der Waals surface area contributed by atoms with E-state index in [1.807, 2.05) is 7.05 Å². The molecule has 2 fully saturated rings. The number of nitrogens with zero attached hydrogens (tertiary/aromatic N) is 5. The highest BCUT2D eigenvalue weighted by molar-refractivity contribution is 5.95. The maximum atomic E-state index is 12.6. The SMILES string of the molecule is Cn1ncc2c(N3CCOCC3)nc(C(=O)NC3CCCC3)nc21. The molecule has 0 aromatic carbocycles. The fourth-order valence-corrected chi connectivity index (χ4v) is 3.45. The van der Waals surface area contributed by atoms with Gasteiger partial charge >= 0.3 is 0 Å². The van der Waals surface area contributed by atoms with E-state index in [1.54, 1.807) is 10.9 Å². The molecule has 0 bridgehead atoms. The molecule has 24 heavy (non-hydrogen) atoms. The van der Waals surface area contributed by atoms with Crippen molar-refractivity contribution in [1.82, 2.24) is 25.1 Å². The Hall–Kier alpha value is -2.22. The van der Waals surface area contributed by atoms with Crippen molar-refractivity contribution in [2.75, 3.05) is 31.2 Å². The average molecular weight is 330 g/mol.